The van der Waals surface area contributed by atoms with Crippen LogP contribution in [0.15, 0.2) is 18.2 Å². The van der Waals surface area contributed by atoms with Gasteiger partial charge in [0.25, 0.3) is 0 Å². The Balaban J connectivity index is 3.01. The van der Waals surface area contributed by atoms with Gasteiger partial charge < -0.3 is 4.90 Å². The average molecular weight is 320 g/mol. The van der Waals surface area contributed by atoms with Crippen molar-refractivity contribution in [2.24, 2.45) is 0 Å². The molecule has 0 unspecified atom stereocenters. The zero-order valence-electron chi connectivity index (χ0n) is 11.6. The van der Waals surface area contributed by atoms with Crippen LogP contribution in [0.2, 0.25) is 0 Å². The van der Waals surface area contributed by atoms with Gasteiger partial charge in [0.2, 0.25) is 0 Å². The number of rotatable bonds is 5. The van der Waals surface area contributed by atoms with Crippen molar-refractivity contribution >= 4 is 15.5 Å². The van der Waals surface area contributed by atoms with E-state index >= 15 is 0 Å². The zero-order chi connectivity index (χ0) is 16.3. The van der Waals surface area contributed by atoms with Crippen LogP contribution >= 0.6 is 0 Å². The van der Waals surface area contributed by atoms with E-state index in [0.29, 0.717) is 0 Å². The smallest absolute Gasteiger partial charge is 0.374 e. The molecule has 0 bridgehead atoms. The maximum atomic E-state index is 13.0. The van der Waals surface area contributed by atoms with E-state index in [9.17, 15) is 21.6 Å². The second kappa shape index (κ2) is 6.35. The van der Waals surface area contributed by atoms with Gasteiger partial charge in [-0.3, -0.25) is 0 Å². The molecule has 0 aliphatic heterocycles. The molecule has 0 aromatic heterocycles. The molecule has 0 heterocycles. The van der Waals surface area contributed by atoms with Crippen LogP contribution in [-0.2, 0) is 16.0 Å². The summed E-state index contributed by atoms with van der Waals surface area (Å²) in [5.74, 6) is -0.101. The molecule has 21 heavy (non-hydrogen) atoms. The first-order valence-corrected chi connectivity index (χ1v) is 8.11. The molecule has 4 nitrogen and oxygen atoms in total. The number of nitrogens with zero attached hydrogens (tertiary/aromatic N) is 2. The maximum absolute atomic E-state index is 13.0. The second-order valence-corrected chi connectivity index (χ2v) is 7.01. The first-order valence-electron chi connectivity index (χ1n) is 6.05. The van der Waals surface area contributed by atoms with Gasteiger partial charge in [0.05, 0.1) is 28.6 Å². The Morgan fingerprint density at radius 2 is 1.95 bits per heavy atom. The van der Waals surface area contributed by atoms with E-state index in [-0.39, 0.29) is 30.0 Å². The molecule has 0 N–H and O–H groups in total. The van der Waals surface area contributed by atoms with Gasteiger partial charge in [-0.25, -0.2) is 8.42 Å². The molecule has 1 aromatic carbocycles. The number of anilines is 1. The highest BCUT2D eigenvalue weighted by Crippen LogP contribution is 2.36. The quantitative estimate of drug-likeness (QED) is 0.836. The van der Waals surface area contributed by atoms with E-state index in [4.69, 9.17) is 5.26 Å². The van der Waals surface area contributed by atoms with E-state index in [2.05, 4.69) is 0 Å². The molecule has 0 spiro atoms. The molecule has 0 aliphatic rings. The van der Waals surface area contributed by atoms with Crippen molar-refractivity contribution in [2.75, 3.05) is 30.5 Å². The van der Waals surface area contributed by atoms with E-state index in [1.165, 1.54) is 11.9 Å². The van der Waals surface area contributed by atoms with Crippen molar-refractivity contribution in [3.63, 3.8) is 0 Å². The van der Waals surface area contributed by atoms with Crippen molar-refractivity contribution in [3.05, 3.63) is 29.3 Å². The zero-order valence-corrected chi connectivity index (χ0v) is 12.4. The summed E-state index contributed by atoms with van der Waals surface area (Å²) < 4.78 is 60.9. The van der Waals surface area contributed by atoms with Crippen molar-refractivity contribution < 1.29 is 21.6 Å². The lowest BCUT2D eigenvalue weighted by Crippen LogP contribution is -2.24. The summed E-state index contributed by atoms with van der Waals surface area (Å²) in [6, 6.07) is 4.92. The van der Waals surface area contributed by atoms with Crippen molar-refractivity contribution in [1.82, 2.24) is 0 Å². The van der Waals surface area contributed by atoms with Gasteiger partial charge in [0.1, 0.15) is 9.84 Å². The van der Waals surface area contributed by atoms with Crippen LogP contribution < -0.4 is 4.90 Å². The molecule has 0 amide bonds. The third-order valence-corrected chi connectivity index (χ3v) is 3.88. The van der Waals surface area contributed by atoms with Gasteiger partial charge in [0, 0.05) is 19.8 Å². The molecule has 0 saturated carbocycles. The van der Waals surface area contributed by atoms with E-state index in [1.54, 1.807) is 6.07 Å². The Morgan fingerprint density at radius 3 is 2.43 bits per heavy atom. The van der Waals surface area contributed by atoms with E-state index in [0.717, 1.165) is 24.5 Å². The summed E-state index contributed by atoms with van der Waals surface area (Å²) in [4.78, 5) is 1.31. The third kappa shape index (κ3) is 5.27. The average Bonchev–Trinajstić information content (AvgIpc) is 2.35. The number of alkyl halides is 3. The van der Waals surface area contributed by atoms with Crippen LogP contribution in [0.5, 0.6) is 0 Å². The van der Waals surface area contributed by atoms with Crippen LogP contribution in [0.1, 0.15) is 17.5 Å². The lowest BCUT2D eigenvalue weighted by atomic mass is 10.1. The second-order valence-electron chi connectivity index (χ2n) is 4.75. The number of hydrogen-bond donors (Lipinski definition) is 0. The molecule has 0 saturated heterocycles. The molecule has 1 aromatic rings. The van der Waals surface area contributed by atoms with E-state index in [1.807, 2.05) is 0 Å². The summed E-state index contributed by atoms with van der Waals surface area (Å²) in [6.45, 7) is 0.144. The first kappa shape index (κ1) is 17.3. The SMILES string of the molecule is CN(CCCS(C)(=O)=O)c1cc(C#N)ccc1C(F)(F)F. The van der Waals surface area contributed by atoms with Gasteiger partial charge in [-0.1, -0.05) is 0 Å². The fourth-order valence-electron chi connectivity index (χ4n) is 1.84. The van der Waals surface area contributed by atoms with Gasteiger partial charge >= 0.3 is 6.18 Å². The molecule has 116 valence electrons. The van der Waals surface area contributed by atoms with Crippen molar-refractivity contribution in [2.45, 2.75) is 12.6 Å². The summed E-state index contributed by atoms with van der Waals surface area (Å²) in [5.41, 5.74) is -0.855. The number of nitriles is 1. The Hall–Kier alpha value is -1.75. The molecule has 0 atom stereocenters. The lowest BCUT2D eigenvalue weighted by Gasteiger charge is -2.23. The monoisotopic (exact) mass is 320 g/mol. The van der Waals surface area contributed by atoms with Gasteiger partial charge in [-0.2, -0.15) is 18.4 Å². The molecule has 1 rings (SSSR count). The van der Waals surface area contributed by atoms with Crippen LogP contribution in [0.25, 0.3) is 0 Å². The summed E-state index contributed by atoms with van der Waals surface area (Å²) in [5, 5.41) is 8.79. The lowest BCUT2D eigenvalue weighted by molar-refractivity contribution is -0.137. The van der Waals surface area contributed by atoms with Gasteiger partial charge in [0.15, 0.2) is 0 Å². The number of benzene rings is 1. The Kier molecular flexibility index (Phi) is 5.23. The molecular formula is C13H15F3N2O2S. The van der Waals surface area contributed by atoms with Crippen LogP contribution in [0.4, 0.5) is 18.9 Å². The third-order valence-electron chi connectivity index (χ3n) is 2.85. The van der Waals surface area contributed by atoms with Crippen LogP contribution in [-0.4, -0.2) is 34.0 Å². The van der Waals surface area contributed by atoms with Crippen LogP contribution in [0, 0.1) is 11.3 Å². The number of halogens is 3. The Bertz CT molecular complexity index is 648. The first-order chi connectivity index (χ1) is 9.54. The molecule has 0 aliphatic carbocycles. The van der Waals surface area contributed by atoms with Gasteiger partial charge in [-0.05, 0) is 24.6 Å². The standard InChI is InChI=1S/C13H15F3N2O2S/c1-18(6-3-7-21(2,19)20)12-8-10(9-17)4-5-11(12)13(14,15)16/h4-5,8H,3,6-7H2,1-2H3. The fourth-order valence-corrected chi connectivity index (χ4v) is 2.49. The largest absolute Gasteiger partial charge is 0.418 e. The van der Waals surface area contributed by atoms with E-state index < -0.39 is 21.6 Å². The summed E-state index contributed by atoms with van der Waals surface area (Å²) in [6.07, 6.45) is -3.25. The highest BCUT2D eigenvalue weighted by atomic mass is 32.2. The minimum atomic E-state index is -4.53. The highest BCUT2D eigenvalue weighted by Gasteiger charge is 2.34. The molecular weight excluding hydrogens is 305 g/mol. The number of hydrogen-bond acceptors (Lipinski definition) is 4. The van der Waals surface area contributed by atoms with Crippen LogP contribution in [0.3, 0.4) is 0 Å². The maximum Gasteiger partial charge on any atom is 0.418 e. The summed E-state index contributed by atoms with van der Waals surface area (Å²) >= 11 is 0. The minimum absolute atomic E-state index is 0.101. The fraction of sp³-hybridized carbons (Fsp3) is 0.462. The molecule has 0 fully saturated rings. The highest BCUT2D eigenvalue weighted by molar-refractivity contribution is 7.90. The molecule has 0 radical (unpaired) electrons. The van der Waals surface area contributed by atoms with Crippen molar-refractivity contribution in [1.29, 1.82) is 5.26 Å². The molecule has 8 heteroatoms. The summed E-state index contributed by atoms with van der Waals surface area (Å²) in [7, 11) is -1.72. The van der Waals surface area contributed by atoms with Gasteiger partial charge in [-0.15, -0.1) is 0 Å². The van der Waals surface area contributed by atoms with Crippen molar-refractivity contribution in [3.8, 4) is 6.07 Å². The normalized spacial score (nSPS) is 12.0. The topological polar surface area (TPSA) is 61.2 Å². The minimum Gasteiger partial charge on any atom is -0.374 e. The Labute approximate surface area is 121 Å². The number of sulfone groups is 1. The predicted molar refractivity (Wildman–Crippen MR) is 73.8 cm³/mol. The Morgan fingerprint density at radius 1 is 1.33 bits per heavy atom. The predicted octanol–water partition coefficient (Wildman–Crippen LogP) is 2.45.